The Kier molecular flexibility index (Phi) is 7.89. The summed E-state index contributed by atoms with van der Waals surface area (Å²) in [5.74, 6) is 0.580. The minimum atomic E-state index is -0.139. The fourth-order valence-electron chi connectivity index (χ4n) is 3.34. The topological polar surface area (TPSA) is 88.2 Å². The molecule has 0 N–H and O–H groups in total. The molecule has 3 heterocycles. The molecular weight excluding hydrogens is 476 g/mol. The van der Waals surface area contributed by atoms with Crippen molar-refractivity contribution in [3.63, 3.8) is 0 Å². The first kappa shape index (κ1) is 23.9. The molecule has 3 aromatic heterocycles. The van der Waals surface area contributed by atoms with E-state index in [1.54, 1.807) is 59.1 Å². The number of ether oxygens (including phenoxy) is 2. The van der Waals surface area contributed by atoms with E-state index in [9.17, 15) is 9.59 Å². The van der Waals surface area contributed by atoms with Gasteiger partial charge in [0.1, 0.15) is 11.4 Å². The highest BCUT2D eigenvalue weighted by Gasteiger charge is 2.14. The molecule has 4 rings (SSSR count). The Labute approximate surface area is 205 Å². The monoisotopic (exact) mass is 498 g/mol. The number of carbonyl (C=O) groups is 1. The number of thiophene rings is 1. The molecule has 8 nitrogen and oxygen atoms in total. The third-order valence-electron chi connectivity index (χ3n) is 5.04. The second-order valence-corrected chi connectivity index (χ2v) is 9.15. The van der Waals surface area contributed by atoms with E-state index in [0.29, 0.717) is 64.5 Å². The van der Waals surface area contributed by atoms with Crippen LogP contribution in [0.2, 0.25) is 4.34 Å². The fourth-order valence-corrected chi connectivity index (χ4v) is 4.35. The van der Waals surface area contributed by atoms with E-state index >= 15 is 0 Å². The van der Waals surface area contributed by atoms with Gasteiger partial charge in [-0.15, -0.1) is 16.4 Å². The fraction of sp³-hybridized carbons (Fsp3) is 0.250. The summed E-state index contributed by atoms with van der Waals surface area (Å²) in [7, 11) is 1.64. The van der Waals surface area contributed by atoms with E-state index < -0.39 is 0 Å². The molecule has 0 atom stereocenters. The highest BCUT2D eigenvalue weighted by Crippen LogP contribution is 2.26. The molecule has 10 heteroatoms. The number of Topliss-reactive ketones (excluding diaryl/α,β-unsaturated/α-hetero) is 1. The highest BCUT2D eigenvalue weighted by molar-refractivity contribution is 7.18. The average Bonchev–Trinajstić information content (AvgIpc) is 3.50. The van der Waals surface area contributed by atoms with Crippen molar-refractivity contribution < 1.29 is 14.3 Å². The van der Waals surface area contributed by atoms with Crippen molar-refractivity contribution in [2.45, 2.75) is 19.3 Å². The maximum absolute atomic E-state index is 12.4. The molecule has 0 aliphatic rings. The van der Waals surface area contributed by atoms with Gasteiger partial charge in [0.15, 0.2) is 5.78 Å². The van der Waals surface area contributed by atoms with Crippen LogP contribution in [0.15, 0.2) is 65.7 Å². The van der Waals surface area contributed by atoms with E-state index in [1.165, 1.54) is 17.4 Å². The van der Waals surface area contributed by atoms with Gasteiger partial charge in [-0.2, -0.15) is 0 Å². The van der Waals surface area contributed by atoms with E-state index in [4.69, 9.17) is 21.1 Å². The predicted molar refractivity (Wildman–Crippen MR) is 131 cm³/mol. The van der Waals surface area contributed by atoms with Gasteiger partial charge in [0.05, 0.1) is 33.4 Å². The molecule has 0 fully saturated rings. The molecule has 1 aromatic carbocycles. The smallest absolute Gasteiger partial charge is 0.255 e. The van der Waals surface area contributed by atoms with Crippen LogP contribution in [0.25, 0.3) is 11.4 Å². The van der Waals surface area contributed by atoms with Crippen LogP contribution in [0.5, 0.6) is 5.75 Å². The lowest BCUT2D eigenvalue weighted by Crippen LogP contribution is -2.16. The number of rotatable bonds is 11. The zero-order valence-corrected chi connectivity index (χ0v) is 20.1. The summed E-state index contributed by atoms with van der Waals surface area (Å²) in [5, 5.41) is 8.45. The summed E-state index contributed by atoms with van der Waals surface area (Å²) in [4.78, 5) is 25.3. The summed E-state index contributed by atoms with van der Waals surface area (Å²) in [6.45, 7) is 1.01. The summed E-state index contributed by atoms with van der Waals surface area (Å²) >= 11 is 7.19. The van der Waals surface area contributed by atoms with Crippen LogP contribution in [-0.4, -0.2) is 45.7 Å². The SMILES string of the molecule is COCCCOc1cc(-n2ccccc2=O)ccc1-n1cc(CCC(=O)c2ccc(Cl)s2)nn1. The second kappa shape index (κ2) is 11.2. The average molecular weight is 499 g/mol. The van der Waals surface area contributed by atoms with Crippen molar-refractivity contribution >= 4 is 28.7 Å². The summed E-state index contributed by atoms with van der Waals surface area (Å²) in [6, 6.07) is 13.9. The first-order valence-corrected chi connectivity index (χ1v) is 11.9. The number of aryl methyl sites for hydroxylation is 1. The van der Waals surface area contributed by atoms with Gasteiger partial charge in [0, 0.05) is 51.3 Å². The van der Waals surface area contributed by atoms with E-state index in [1.807, 2.05) is 12.1 Å². The van der Waals surface area contributed by atoms with Crippen LogP contribution in [0.3, 0.4) is 0 Å². The van der Waals surface area contributed by atoms with E-state index in [0.717, 1.165) is 0 Å². The lowest BCUT2D eigenvalue weighted by atomic mass is 10.1. The minimum absolute atomic E-state index is 0.0197. The number of pyridine rings is 1. The second-order valence-electron chi connectivity index (χ2n) is 7.44. The van der Waals surface area contributed by atoms with Crippen LogP contribution in [0, 0.1) is 0 Å². The van der Waals surface area contributed by atoms with Crippen LogP contribution in [0.4, 0.5) is 0 Å². The number of nitrogens with zero attached hydrogens (tertiary/aromatic N) is 4. The Morgan fingerprint density at radius 3 is 2.79 bits per heavy atom. The number of aromatic nitrogens is 4. The van der Waals surface area contributed by atoms with Crippen molar-refractivity contribution in [1.82, 2.24) is 19.6 Å². The Morgan fingerprint density at radius 1 is 1.15 bits per heavy atom. The molecule has 0 aliphatic carbocycles. The predicted octanol–water partition coefficient (Wildman–Crippen LogP) is 4.36. The molecule has 34 heavy (non-hydrogen) atoms. The van der Waals surface area contributed by atoms with Crippen LogP contribution in [0.1, 0.15) is 28.2 Å². The van der Waals surface area contributed by atoms with Gasteiger partial charge < -0.3 is 9.47 Å². The third-order valence-corrected chi connectivity index (χ3v) is 6.31. The molecule has 0 aliphatic heterocycles. The lowest BCUT2D eigenvalue weighted by molar-refractivity contribution is 0.0986. The minimum Gasteiger partial charge on any atom is -0.491 e. The number of ketones is 1. The van der Waals surface area contributed by atoms with Crippen molar-refractivity contribution in [2.24, 2.45) is 0 Å². The number of halogens is 1. The van der Waals surface area contributed by atoms with E-state index in [-0.39, 0.29) is 11.3 Å². The van der Waals surface area contributed by atoms with Gasteiger partial charge in [0.25, 0.3) is 5.56 Å². The number of hydrogen-bond acceptors (Lipinski definition) is 7. The molecular formula is C24H23ClN4O4S. The molecule has 0 unspecified atom stereocenters. The molecule has 0 saturated heterocycles. The third kappa shape index (κ3) is 5.80. The standard InChI is InChI=1S/C24H23ClN4O4S/c1-32-13-4-14-33-21-15-18(28-12-3-2-5-24(28)31)7-8-19(21)29-16-17(26-27-29)6-9-20(30)22-10-11-23(25)34-22/h2-3,5,7-8,10-12,15-16H,4,6,9,13-14H2,1H3. The number of hydrogen-bond donors (Lipinski definition) is 0. The number of methoxy groups -OCH3 is 1. The molecule has 0 saturated carbocycles. The Morgan fingerprint density at radius 2 is 2.03 bits per heavy atom. The first-order chi connectivity index (χ1) is 16.5. The molecule has 0 amide bonds. The van der Waals surface area contributed by atoms with E-state index in [2.05, 4.69) is 10.3 Å². The Bertz CT molecular complexity index is 1330. The van der Waals surface area contributed by atoms with Crippen molar-refractivity contribution in [2.75, 3.05) is 20.3 Å². The summed E-state index contributed by atoms with van der Waals surface area (Å²) in [6.07, 6.45) is 4.96. The maximum atomic E-state index is 12.4. The summed E-state index contributed by atoms with van der Waals surface area (Å²) in [5.41, 5.74) is 1.90. The largest absolute Gasteiger partial charge is 0.491 e. The Balaban J connectivity index is 1.55. The Hall–Kier alpha value is -3.27. The number of benzene rings is 1. The van der Waals surface area contributed by atoms with Crippen molar-refractivity contribution in [3.05, 3.63) is 86.2 Å². The number of carbonyl (C=O) groups excluding carboxylic acids is 1. The maximum Gasteiger partial charge on any atom is 0.255 e. The molecule has 4 aromatic rings. The highest BCUT2D eigenvalue weighted by atomic mass is 35.5. The van der Waals surface area contributed by atoms with Gasteiger partial charge in [-0.1, -0.05) is 22.9 Å². The van der Waals surface area contributed by atoms with Gasteiger partial charge in [-0.05, 0) is 30.3 Å². The van der Waals surface area contributed by atoms with Gasteiger partial charge in [-0.25, -0.2) is 4.68 Å². The molecule has 0 radical (unpaired) electrons. The van der Waals surface area contributed by atoms with Crippen LogP contribution in [-0.2, 0) is 11.2 Å². The lowest BCUT2D eigenvalue weighted by Gasteiger charge is -2.14. The zero-order valence-electron chi connectivity index (χ0n) is 18.5. The normalized spacial score (nSPS) is 11.0. The van der Waals surface area contributed by atoms with Crippen LogP contribution < -0.4 is 10.3 Å². The molecule has 0 spiro atoms. The van der Waals surface area contributed by atoms with Gasteiger partial charge in [0.2, 0.25) is 0 Å². The van der Waals surface area contributed by atoms with Gasteiger partial charge >= 0.3 is 0 Å². The first-order valence-electron chi connectivity index (χ1n) is 10.7. The van der Waals surface area contributed by atoms with Crippen molar-refractivity contribution in [3.8, 4) is 17.1 Å². The van der Waals surface area contributed by atoms with Gasteiger partial charge in [-0.3, -0.25) is 14.2 Å². The zero-order chi connectivity index (χ0) is 23.9. The quantitative estimate of drug-likeness (QED) is 0.225. The molecule has 176 valence electrons. The van der Waals surface area contributed by atoms with Crippen molar-refractivity contribution in [1.29, 1.82) is 0 Å². The van der Waals surface area contributed by atoms with Crippen LogP contribution >= 0.6 is 22.9 Å². The molecule has 0 bridgehead atoms. The summed E-state index contributed by atoms with van der Waals surface area (Å²) < 4.78 is 14.9.